The van der Waals surface area contributed by atoms with Crippen LogP contribution in [0.4, 0.5) is 0 Å². The van der Waals surface area contributed by atoms with Crippen LogP contribution in [0.1, 0.15) is 31.7 Å². The van der Waals surface area contributed by atoms with Crippen molar-refractivity contribution in [1.82, 2.24) is 4.90 Å². The second-order valence-electron chi connectivity index (χ2n) is 6.80. The van der Waals surface area contributed by atoms with Crippen molar-refractivity contribution in [2.45, 2.75) is 31.7 Å². The monoisotopic (exact) mass is 366 g/mol. The Morgan fingerprint density at radius 2 is 1.91 bits per heavy atom. The Hall–Kier alpha value is -0.910. The van der Waals surface area contributed by atoms with Gasteiger partial charge >= 0.3 is 0 Å². The number of ether oxygens (including phenoxy) is 1. The highest BCUT2D eigenvalue weighted by Gasteiger charge is 2.44. The zero-order valence-electron chi connectivity index (χ0n) is 13.0. The van der Waals surface area contributed by atoms with Crippen LogP contribution in [0.15, 0.2) is 28.7 Å². The van der Waals surface area contributed by atoms with Crippen LogP contribution < -0.4 is 5.73 Å². The Bertz CT molecular complexity index is 550. The van der Waals surface area contributed by atoms with Crippen LogP contribution in [0.3, 0.4) is 0 Å². The van der Waals surface area contributed by atoms with Crippen molar-refractivity contribution in [3.63, 3.8) is 0 Å². The predicted octanol–water partition coefficient (Wildman–Crippen LogP) is 2.65. The summed E-state index contributed by atoms with van der Waals surface area (Å²) < 4.78 is 6.45. The van der Waals surface area contributed by atoms with E-state index >= 15 is 0 Å². The van der Waals surface area contributed by atoms with Gasteiger partial charge in [0, 0.05) is 30.8 Å². The first-order chi connectivity index (χ1) is 10.4. The molecule has 0 saturated carbocycles. The molecule has 2 N–H and O–H groups in total. The Morgan fingerprint density at radius 1 is 1.27 bits per heavy atom. The van der Waals surface area contributed by atoms with Gasteiger partial charge in [0.05, 0.1) is 0 Å². The molecule has 1 unspecified atom stereocenters. The summed E-state index contributed by atoms with van der Waals surface area (Å²) in [6, 6.07) is 7.69. The molecule has 0 aliphatic carbocycles. The summed E-state index contributed by atoms with van der Waals surface area (Å²) in [6.45, 7) is 5.07. The van der Waals surface area contributed by atoms with Gasteiger partial charge in [0.25, 0.3) is 0 Å². The highest BCUT2D eigenvalue weighted by Crippen LogP contribution is 2.40. The van der Waals surface area contributed by atoms with Crippen LogP contribution in [-0.2, 0) is 15.1 Å². The van der Waals surface area contributed by atoms with E-state index in [1.54, 1.807) is 0 Å². The number of carbonyl (C=O) groups is 1. The summed E-state index contributed by atoms with van der Waals surface area (Å²) in [5.74, 6) is 0.0261. The number of amides is 1. The molecule has 0 aromatic heterocycles. The van der Waals surface area contributed by atoms with Crippen molar-refractivity contribution >= 4 is 21.8 Å². The molecule has 0 radical (unpaired) electrons. The van der Waals surface area contributed by atoms with E-state index in [1.807, 2.05) is 36.1 Å². The van der Waals surface area contributed by atoms with Crippen molar-refractivity contribution in [3.05, 3.63) is 34.3 Å². The number of rotatable bonds is 2. The third-order valence-electron chi connectivity index (χ3n) is 5.17. The maximum absolute atomic E-state index is 12.9. The van der Waals surface area contributed by atoms with Crippen molar-refractivity contribution in [2.75, 3.05) is 26.3 Å². The molecule has 1 aromatic carbocycles. The summed E-state index contributed by atoms with van der Waals surface area (Å²) >= 11 is 3.42. The summed E-state index contributed by atoms with van der Waals surface area (Å²) in [5, 5.41) is 0. The van der Waals surface area contributed by atoms with Gasteiger partial charge < -0.3 is 15.4 Å². The molecule has 120 valence electrons. The highest BCUT2D eigenvalue weighted by atomic mass is 79.9. The van der Waals surface area contributed by atoms with E-state index in [0.29, 0.717) is 0 Å². The number of nitrogens with two attached hydrogens (primary N) is 1. The summed E-state index contributed by atoms with van der Waals surface area (Å²) in [4.78, 5) is 14.9. The lowest BCUT2D eigenvalue weighted by Crippen LogP contribution is -2.50. The first-order valence-electron chi connectivity index (χ1n) is 7.85. The van der Waals surface area contributed by atoms with Gasteiger partial charge in [0.15, 0.2) is 0 Å². The van der Waals surface area contributed by atoms with E-state index in [1.165, 1.54) is 0 Å². The first-order valence-corrected chi connectivity index (χ1v) is 8.64. The van der Waals surface area contributed by atoms with Gasteiger partial charge in [0.2, 0.25) is 5.91 Å². The van der Waals surface area contributed by atoms with Gasteiger partial charge in [-0.05, 0) is 49.3 Å². The second-order valence-corrected chi connectivity index (χ2v) is 7.71. The summed E-state index contributed by atoms with van der Waals surface area (Å²) in [7, 11) is 0. The van der Waals surface area contributed by atoms with E-state index in [0.717, 1.165) is 55.6 Å². The SMILES string of the molecule is CC(N)(C(=O)N1CCC2(CCOCC2)C1)c1ccc(Br)cc1. The van der Waals surface area contributed by atoms with E-state index in [-0.39, 0.29) is 11.3 Å². The smallest absolute Gasteiger partial charge is 0.246 e. The zero-order valence-corrected chi connectivity index (χ0v) is 14.6. The lowest BCUT2D eigenvalue weighted by atomic mass is 9.79. The lowest BCUT2D eigenvalue weighted by molar-refractivity contribution is -0.136. The minimum absolute atomic E-state index is 0.0261. The van der Waals surface area contributed by atoms with Gasteiger partial charge in [-0.2, -0.15) is 0 Å². The topological polar surface area (TPSA) is 55.6 Å². The lowest BCUT2D eigenvalue weighted by Gasteiger charge is -2.35. The Balaban J connectivity index is 1.74. The standard InChI is InChI=1S/C17H23BrN2O2/c1-16(19,13-2-4-14(18)5-3-13)15(21)20-9-6-17(12-20)7-10-22-11-8-17/h2-5H,6-12,19H2,1H3. The molecule has 2 heterocycles. The Morgan fingerprint density at radius 3 is 2.55 bits per heavy atom. The molecule has 1 atom stereocenters. The maximum Gasteiger partial charge on any atom is 0.246 e. The largest absolute Gasteiger partial charge is 0.381 e. The molecule has 22 heavy (non-hydrogen) atoms. The van der Waals surface area contributed by atoms with Crippen molar-refractivity contribution < 1.29 is 9.53 Å². The van der Waals surface area contributed by atoms with Crippen LogP contribution in [0.2, 0.25) is 0 Å². The molecule has 1 amide bonds. The molecule has 2 aliphatic heterocycles. The minimum atomic E-state index is -0.975. The van der Waals surface area contributed by atoms with Crippen molar-refractivity contribution in [2.24, 2.45) is 11.1 Å². The summed E-state index contributed by atoms with van der Waals surface area (Å²) in [6.07, 6.45) is 3.17. The second kappa shape index (κ2) is 5.95. The Labute approximate surface area is 140 Å². The highest BCUT2D eigenvalue weighted by molar-refractivity contribution is 9.10. The molecule has 5 heteroatoms. The molecule has 1 aromatic rings. The summed E-state index contributed by atoms with van der Waals surface area (Å²) in [5.41, 5.74) is 6.53. The normalized spacial score (nSPS) is 23.5. The first kappa shape index (κ1) is 16.0. The maximum atomic E-state index is 12.9. The number of hydrogen-bond acceptors (Lipinski definition) is 3. The van der Waals surface area contributed by atoms with Gasteiger partial charge in [-0.15, -0.1) is 0 Å². The third kappa shape index (κ3) is 2.94. The molecule has 4 nitrogen and oxygen atoms in total. The molecule has 2 fully saturated rings. The predicted molar refractivity (Wildman–Crippen MR) is 89.4 cm³/mol. The molecule has 2 saturated heterocycles. The number of nitrogens with zero attached hydrogens (tertiary/aromatic N) is 1. The number of benzene rings is 1. The number of halogens is 1. The fourth-order valence-electron chi connectivity index (χ4n) is 3.57. The fourth-order valence-corrected chi connectivity index (χ4v) is 3.83. The number of likely N-dealkylation sites (tertiary alicyclic amines) is 1. The van der Waals surface area contributed by atoms with Crippen LogP contribution in [0.25, 0.3) is 0 Å². The quantitative estimate of drug-likeness (QED) is 0.875. The van der Waals surface area contributed by atoms with E-state index in [9.17, 15) is 4.79 Å². The average molecular weight is 367 g/mol. The van der Waals surface area contributed by atoms with Crippen molar-refractivity contribution in [1.29, 1.82) is 0 Å². The van der Waals surface area contributed by atoms with E-state index < -0.39 is 5.54 Å². The number of hydrogen-bond donors (Lipinski definition) is 1. The molecule has 1 spiro atoms. The minimum Gasteiger partial charge on any atom is -0.381 e. The molecular formula is C17H23BrN2O2. The molecule has 0 bridgehead atoms. The zero-order chi connectivity index (χ0) is 15.8. The van der Waals surface area contributed by atoms with E-state index in [2.05, 4.69) is 15.9 Å². The van der Waals surface area contributed by atoms with Crippen molar-refractivity contribution in [3.8, 4) is 0 Å². The van der Waals surface area contributed by atoms with Crippen LogP contribution in [0.5, 0.6) is 0 Å². The molecule has 2 aliphatic rings. The third-order valence-corrected chi connectivity index (χ3v) is 5.70. The van der Waals surface area contributed by atoms with E-state index in [4.69, 9.17) is 10.5 Å². The van der Waals surface area contributed by atoms with Gasteiger partial charge in [-0.3, -0.25) is 4.79 Å². The van der Waals surface area contributed by atoms with Gasteiger partial charge in [-0.25, -0.2) is 0 Å². The van der Waals surface area contributed by atoms with Crippen LogP contribution in [-0.4, -0.2) is 37.1 Å². The number of carbonyl (C=O) groups excluding carboxylic acids is 1. The van der Waals surface area contributed by atoms with Gasteiger partial charge in [-0.1, -0.05) is 28.1 Å². The molecular weight excluding hydrogens is 344 g/mol. The Kier molecular flexibility index (Phi) is 4.32. The van der Waals surface area contributed by atoms with Gasteiger partial charge in [0.1, 0.15) is 5.54 Å². The van der Waals surface area contributed by atoms with Crippen LogP contribution >= 0.6 is 15.9 Å². The molecule has 3 rings (SSSR count). The van der Waals surface area contributed by atoms with Crippen LogP contribution in [0, 0.1) is 5.41 Å². The fraction of sp³-hybridized carbons (Fsp3) is 0.588. The average Bonchev–Trinajstić information content (AvgIpc) is 2.91.